The summed E-state index contributed by atoms with van der Waals surface area (Å²) in [6, 6.07) is -0.737. The molecule has 17 heavy (non-hydrogen) atoms. The van der Waals surface area contributed by atoms with Crippen LogP contribution in [-0.2, 0) is 9.84 Å². The maximum atomic E-state index is 11.8. The van der Waals surface area contributed by atoms with E-state index in [0.29, 0.717) is 12.8 Å². The molecule has 1 aliphatic heterocycles. The van der Waals surface area contributed by atoms with Crippen molar-refractivity contribution in [2.75, 3.05) is 12.4 Å². The molecule has 2 rings (SSSR count). The van der Waals surface area contributed by atoms with Crippen molar-refractivity contribution in [1.29, 1.82) is 0 Å². The van der Waals surface area contributed by atoms with E-state index in [4.69, 9.17) is 15.4 Å². The van der Waals surface area contributed by atoms with Gasteiger partial charge in [0.1, 0.15) is 5.25 Å². The minimum Gasteiger partial charge on any atom is -0.394 e. The lowest BCUT2D eigenvalue weighted by Gasteiger charge is -2.18. The Hall–Kier alpha value is -0.990. The number of aliphatic hydroxyl groups excluding tert-OH is 1. The first kappa shape index (κ1) is 12.5. The van der Waals surface area contributed by atoms with Gasteiger partial charge in [-0.1, -0.05) is 11.6 Å². The van der Waals surface area contributed by atoms with Gasteiger partial charge in [-0.2, -0.15) is 4.98 Å². The molecule has 7 nitrogen and oxygen atoms in total. The Morgan fingerprint density at radius 1 is 1.53 bits per heavy atom. The number of hydrogen-bond acceptors (Lipinski definition) is 7. The van der Waals surface area contributed by atoms with Crippen LogP contribution in [0.2, 0.25) is 0 Å². The minimum atomic E-state index is -3.20. The molecule has 2 heterocycles. The Kier molecular flexibility index (Phi) is 3.45. The Balaban J connectivity index is 2.25. The predicted molar refractivity (Wildman–Crippen MR) is 58.7 cm³/mol. The van der Waals surface area contributed by atoms with Crippen molar-refractivity contribution in [1.82, 2.24) is 10.1 Å². The van der Waals surface area contributed by atoms with Crippen molar-refractivity contribution in [3.63, 3.8) is 0 Å². The van der Waals surface area contributed by atoms with Crippen LogP contribution in [0, 0.1) is 0 Å². The molecule has 1 fully saturated rings. The highest BCUT2D eigenvalue weighted by Gasteiger charge is 2.35. The van der Waals surface area contributed by atoms with Gasteiger partial charge in [0.15, 0.2) is 15.7 Å². The van der Waals surface area contributed by atoms with Crippen LogP contribution in [-0.4, -0.2) is 36.0 Å². The molecule has 0 aromatic carbocycles. The first-order valence-corrected chi connectivity index (χ1v) is 7.17. The van der Waals surface area contributed by atoms with Gasteiger partial charge in [0.05, 0.1) is 18.4 Å². The quantitative estimate of drug-likeness (QED) is 0.766. The topological polar surface area (TPSA) is 119 Å². The van der Waals surface area contributed by atoms with Gasteiger partial charge in [0.25, 0.3) is 0 Å². The summed E-state index contributed by atoms with van der Waals surface area (Å²) in [6.45, 7) is -0.309. The van der Waals surface area contributed by atoms with Crippen LogP contribution in [0.4, 0.5) is 0 Å². The average Bonchev–Trinajstić information content (AvgIpc) is 2.76. The molecule has 1 aromatic heterocycles. The van der Waals surface area contributed by atoms with Gasteiger partial charge in [-0.25, -0.2) is 8.42 Å². The molecule has 1 aromatic rings. The molecule has 0 bridgehead atoms. The highest BCUT2D eigenvalue weighted by Crippen LogP contribution is 2.32. The van der Waals surface area contributed by atoms with E-state index in [2.05, 4.69) is 10.1 Å². The number of hydrogen-bond donors (Lipinski definition) is 2. The first-order chi connectivity index (χ1) is 8.04. The molecule has 96 valence electrons. The fourth-order valence-corrected chi connectivity index (χ4v) is 3.66. The second-order valence-corrected chi connectivity index (χ2v) is 6.43. The molecule has 0 amide bonds. The van der Waals surface area contributed by atoms with Crippen molar-refractivity contribution in [2.45, 2.75) is 30.6 Å². The van der Waals surface area contributed by atoms with E-state index in [-0.39, 0.29) is 24.1 Å². The summed E-state index contributed by atoms with van der Waals surface area (Å²) in [7, 11) is -3.20. The largest absolute Gasteiger partial charge is 0.394 e. The van der Waals surface area contributed by atoms with Crippen LogP contribution in [0.15, 0.2) is 4.52 Å². The Morgan fingerprint density at radius 3 is 2.94 bits per heavy atom. The summed E-state index contributed by atoms with van der Waals surface area (Å²) in [6.07, 6.45) is 2.00. The smallest absolute Gasteiger partial charge is 0.245 e. The molecule has 1 aliphatic rings. The average molecular weight is 261 g/mol. The van der Waals surface area contributed by atoms with Crippen LogP contribution in [0.1, 0.15) is 42.3 Å². The molecule has 0 radical (unpaired) electrons. The standard InChI is InChI=1S/C9H15N3O4S/c10-6(5-13)8-11-9(16-12-8)7-3-1-2-4-17(7,14)15/h6-7,13H,1-5,10H2. The number of aromatic nitrogens is 2. The highest BCUT2D eigenvalue weighted by atomic mass is 32.2. The molecule has 0 aliphatic carbocycles. The van der Waals surface area contributed by atoms with E-state index >= 15 is 0 Å². The molecule has 2 unspecified atom stereocenters. The number of sulfone groups is 1. The van der Waals surface area contributed by atoms with Crippen molar-refractivity contribution >= 4 is 9.84 Å². The van der Waals surface area contributed by atoms with Gasteiger partial charge >= 0.3 is 0 Å². The second-order valence-electron chi connectivity index (χ2n) is 4.13. The number of aliphatic hydroxyl groups is 1. The summed E-state index contributed by atoms with van der Waals surface area (Å²) in [5.41, 5.74) is 5.52. The van der Waals surface area contributed by atoms with Crippen molar-refractivity contribution in [2.24, 2.45) is 5.73 Å². The van der Waals surface area contributed by atoms with E-state index in [1.165, 1.54) is 0 Å². The fraction of sp³-hybridized carbons (Fsp3) is 0.778. The summed E-state index contributed by atoms with van der Waals surface area (Å²) >= 11 is 0. The van der Waals surface area contributed by atoms with Crippen LogP contribution >= 0.6 is 0 Å². The molecule has 2 atom stereocenters. The highest BCUT2D eigenvalue weighted by molar-refractivity contribution is 7.91. The zero-order chi connectivity index (χ0) is 12.5. The van der Waals surface area contributed by atoms with Gasteiger partial charge in [-0.15, -0.1) is 0 Å². The van der Waals surface area contributed by atoms with Crippen molar-refractivity contribution in [3.05, 3.63) is 11.7 Å². The zero-order valence-electron chi connectivity index (χ0n) is 9.24. The molecule has 0 spiro atoms. The zero-order valence-corrected chi connectivity index (χ0v) is 10.1. The third-order valence-electron chi connectivity index (χ3n) is 2.84. The minimum absolute atomic E-state index is 0.0867. The van der Waals surface area contributed by atoms with Crippen LogP contribution in [0.5, 0.6) is 0 Å². The molecule has 8 heteroatoms. The number of nitrogens with two attached hydrogens (primary N) is 1. The Morgan fingerprint density at radius 2 is 2.29 bits per heavy atom. The normalized spacial score (nSPS) is 25.6. The maximum Gasteiger partial charge on any atom is 0.245 e. The van der Waals surface area contributed by atoms with Crippen molar-refractivity contribution < 1.29 is 18.0 Å². The second kappa shape index (κ2) is 4.71. The summed E-state index contributed by atoms with van der Waals surface area (Å²) in [5, 5.41) is 11.7. The lowest BCUT2D eigenvalue weighted by Crippen LogP contribution is -2.22. The molecule has 1 saturated heterocycles. The lowest BCUT2D eigenvalue weighted by atomic mass is 10.2. The van der Waals surface area contributed by atoms with Crippen LogP contribution in [0.25, 0.3) is 0 Å². The first-order valence-electron chi connectivity index (χ1n) is 5.46. The molecule has 3 N–H and O–H groups in total. The number of nitrogens with zero attached hydrogens (tertiary/aromatic N) is 2. The summed E-state index contributed by atoms with van der Waals surface area (Å²) in [4.78, 5) is 3.96. The van der Waals surface area contributed by atoms with E-state index in [1.54, 1.807) is 0 Å². The third-order valence-corrected chi connectivity index (χ3v) is 5.00. The molecule has 0 saturated carbocycles. The Labute approximate surface area is 98.9 Å². The predicted octanol–water partition coefficient (Wildman–Crippen LogP) is -0.299. The number of rotatable bonds is 3. The van der Waals surface area contributed by atoms with E-state index < -0.39 is 21.1 Å². The SMILES string of the molecule is NC(CO)c1noc(C2CCCCS2(=O)=O)n1. The molecular weight excluding hydrogens is 246 g/mol. The summed E-state index contributed by atoms with van der Waals surface area (Å²) < 4.78 is 28.6. The third kappa shape index (κ3) is 2.48. The monoisotopic (exact) mass is 261 g/mol. The van der Waals surface area contributed by atoms with Gasteiger partial charge in [0, 0.05) is 0 Å². The Bertz CT molecular complexity index is 484. The van der Waals surface area contributed by atoms with Gasteiger partial charge < -0.3 is 15.4 Å². The van der Waals surface area contributed by atoms with Gasteiger partial charge in [-0.3, -0.25) is 0 Å². The van der Waals surface area contributed by atoms with Crippen molar-refractivity contribution in [3.8, 4) is 0 Å². The fourth-order valence-electron chi connectivity index (χ4n) is 1.84. The summed E-state index contributed by atoms with van der Waals surface area (Å²) in [5.74, 6) is 0.383. The molecular formula is C9H15N3O4S. The van der Waals surface area contributed by atoms with Gasteiger partial charge in [0.2, 0.25) is 5.89 Å². The van der Waals surface area contributed by atoms with E-state index in [0.717, 1.165) is 6.42 Å². The van der Waals surface area contributed by atoms with E-state index in [9.17, 15) is 8.42 Å². The van der Waals surface area contributed by atoms with E-state index in [1.807, 2.05) is 0 Å². The van der Waals surface area contributed by atoms with Crippen LogP contribution in [0.3, 0.4) is 0 Å². The maximum absolute atomic E-state index is 11.8. The lowest BCUT2D eigenvalue weighted by molar-refractivity contribution is 0.259. The van der Waals surface area contributed by atoms with Crippen LogP contribution < -0.4 is 5.73 Å². The van der Waals surface area contributed by atoms with Gasteiger partial charge in [-0.05, 0) is 12.8 Å².